The Labute approximate surface area is 132 Å². The number of para-hydroxylation sites is 2. The average Bonchev–Trinajstić information content (AvgIpc) is 2.52. The summed E-state index contributed by atoms with van der Waals surface area (Å²) in [6.07, 6.45) is -0.0421. The van der Waals surface area contributed by atoms with Crippen LogP contribution in [0, 0.1) is 0 Å². The maximum atomic E-state index is 6.03. The lowest BCUT2D eigenvalue weighted by atomic mass is 10.0. The molecular formula is C19H23NO2. The van der Waals surface area contributed by atoms with E-state index >= 15 is 0 Å². The molecule has 0 bridgehead atoms. The molecule has 1 aliphatic heterocycles. The van der Waals surface area contributed by atoms with Gasteiger partial charge in [0.15, 0.2) is 17.6 Å². The molecule has 2 aromatic carbocycles. The topological polar surface area (TPSA) is 30.5 Å². The van der Waals surface area contributed by atoms with Crippen molar-refractivity contribution in [1.29, 1.82) is 0 Å². The molecule has 1 N–H and O–H groups in total. The van der Waals surface area contributed by atoms with Gasteiger partial charge in [-0.25, -0.2) is 0 Å². The maximum Gasteiger partial charge on any atom is 0.162 e. The summed E-state index contributed by atoms with van der Waals surface area (Å²) in [6.45, 7) is 7.94. The van der Waals surface area contributed by atoms with Crippen molar-refractivity contribution in [2.24, 2.45) is 0 Å². The third-order valence-corrected chi connectivity index (χ3v) is 3.68. The van der Waals surface area contributed by atoms with Gasteiger partial charge in [-0.2, -0.15) is 0 Å². The summed E-state index contributed by atoms with van der Waals surface area (Å²) < 4.78 is 11.8. The first-order valence-electron chi connectivity index (χ1n) is 7.74. The average molecular weight is 297 g/mol. The van der Waals surface area contributed by atoms with Crippen molar-refractivity contribution in [3.05, 3.63) is 59.7 Å². The van der Waals surface area contributed by atoms with Gasteiger partial charge in [-0.3, -0.25) is 0 Å². The van der Waals surface area contributed by atoms with E-state index in [-0.39, 0.29) is 11.6 Å². The van der Waals surface area contributed by atoms with Gasteiger partial charge < -0.3 is 14.8 Å². The number of hydrogen-bond donors (Lipinski definition) is 1. The maximum absolute atomic E-state index is 6.03. The van der Waals surface area contributed by atoms with Crippen molar-refractivity contribution in [1.82, 2.24) is 5.32 Å². The van der Waals surface area contributed by atoms with Crippen molar-refractivity contribution >= 4 is 0 Å². The van der Waals surface area contributed by atoms with Crippen LogP contribution in [0.5, 0.6) is 11.5 Å². The fourth-order valence-corrected chi connectivity index (χ4v) is 2.40. The summed E-state index contributed by atoms with van der Waals surface area (Å²) in [6, 6.07) is 16.4. The van der Waals surface area contributed by atoms with Crippen molar-refractivity contribution in [3.63, 3.8) is 0 Å². The highest BCUT2D eigenvalue weighted by Gasteiger charge is 2.22. The Morgan fingerprint density at radius 1 is 1.00 bits per heavy atom. The number of benzene rings is 2. The molecule has 2 aromatic rings. The van der Waals surface area contributed by atoms with Crippen molar-refractivity contribution in [2.45, 2.75) is 39.0 Å². The van der Waals surface area contributed by atoms with Crippen LogP contribution < -0.4 is 14.8 Å². The van der Waals surface area contributed by atoms with E-state index in [1.807, 2.05) is 24.3 Å². The van der Waals surface area contributed by atoms with E-state index in [0.717, 1.165) is 23.6 Å². The molecule has 0 spiro atoms. The zero-order chi connectivity index (χ0) is 15.6. The SMILES string of the molecule is CC(C)(C)NCc1ccc(C2COc3ccccc3O2)cc1. The second kappa shape index (κ2) is 6.01. The van der Waals surface area contributed by atoms with Crippen molar-refractivity contribution in [2.75, 3.05) is 6.61 Å². The fourth-order valence-electron chi connectivity index (χ4n) is 2.40. The molecular weight excluding hydrogens is 274 g/mol. The van der Waals surface area contributed by atoms with Gasteiger partial charge in [0.05, 0.1) is 0 Å². The molecule has 0 amide bonds. The molecule has 1 aliphatic rings. The molecule has 0 saturated carbocycles. The van der Waals surface area contributed by atoms with E-state index in [1.165, 1.54) is 5.56 Å². The third kappa shape index (κ3) is 3.60. The largest absolute Gasteiger partial charge is 0.485 e. The highest BCUT2D eigenvalue weighted by molar-refractivity contribution is 5.41. The van der Waals surface area contributed by atoms with E-state index < -0.39 is 0 Å². The molecule has 22 heavy (non-hydrogen) atoms. The number of nitrogens with one attached hydrogen (secondary N) is 1. The van der Waals surface area contributed by atoms with Gasteiger partial charge in [0.25, 0.3) is 0 Å². The van der Waals surface area contributed by atoms with E-state index in [2.05, 4.69) is 50.4 Å². The van der Waals surface area contributed by atoms with Crippen LogP contribution in [-0.2, 0) is 6.54 Å². The Balaban J connectivity index is 1.67. The molecule has 1 heterocycles. The predicted molar refractivity (Wildman–Crippen MR) is 88.3 cm³/mol. The van der Waals surface area contributed by atoms with Gasteiger partial charge in [-0.1, -0.05) is 36.4 Å². The van der Waals surface area contributed by atoms with Crippen LogP contribution in [-0.4, -0.2) is 12.1 Å². The molecule has 0 saturated heterocycles. The van der Waals surface area contributed by atoms with E-state index in [0.29, 0.717) is 6.61 Å². The second-order valence-corrected chi connectivity index (χ2v) is 6.71. The zero-order valence-electron chi connectivity index (χ0n) is 13.4. The lowest BCUT2D eigenvalue weighted by molar-refractivity contribution is 0.0913. The normalized spacial score (nSPS) is 17.3. The summed E-state index contributed by atoms with van der Waals surface area (Å²) >= 11 is 0. The molecule has 3 rings (SSSR count). The number of ether oxygens (including phenoxy) is 2. The smallest absolute Gasteiger partial charge is 0.162 e. The van der Waals surface area contributed by atoms with Crippen LogP contribution >= 0.6 is 0 Å². The summed E-state index contributed by atoms with van der Waals surface area (Å²) in [7, 11) is 0. The standard InChI is InChI=1S/C19H23NO2/c1-19(2,3)20-12-14-8-10-15(11-9-14)18-13-21-16-6-4-5-7-17(16)22-18/h4-11,18,20H,12-13H2,1-3H3. The molecule has 3 nitrogen and oxygen atoms in total. The predicted octanol–water partition coefficient (Wildman–Crippen LogP) is 4.09. The fraction of sp³-hybridized carbons (Fsp3) is 0.368. The highest BCUT2D eigenvalue weighted by atomic mass is 16.6. The van der Waals surface area contributed by atoms with Crippen LogP contribution in [0.1, 0.15) is 38.0 Å². The Hall–Kier alpha value is -2.00. The Morgan fingerprint density at radius 3 is 2.36 bits per heavy atom. The minimum absolute atomic E-state index is 0.0421. The van der Waals surface area contributed by atoms with Crippen LogP contribution in [0.15, 0.2) is 48.5 Å². The molecule has 3 heteroatoms. The molecule has 0 fully saturated rings. The van der Waals surface area contributed by atoms with Crippen LogP contribution in [0.2, 0.25) is 0 Å². The van der Waals surface area contributed by atoms with Gasteiger partial charge >= 0.3 is 0 Å². The monoisotopic (exact) mass is 297 g/mol. The van der Waals surface area contributed by atoms with Gasteiger partial charge in [0, 0.05) is 12.1 Å². The van der Waals surface area contributed by atoms with E-state index in [4.69, 9.17) is 9.47 Å². The summed E-state index contributed by atoms with van der Waals surface area (Å²) in [5, 5.41) is 3.49. The third-order valence-electron chi connectivity index (χ3n) is 3.68. The van der Waals surface area contributed by atoms with E-state index in [9.17, 15) is 0 Å². The summed E-state index contributed by atoms with van der Waals surface area (Å²) in [4.78, 5) is 0. The Bertz CT molecular complexity index is 629. The molecule has 0 aliphatic carbocycles. The molecule has 1 unspecified atom stereocenters. The lowest BCUT2D eigenvalue weighted by Crippen LogP contribution is -2.35. The van der Waals surface area contributed by atoms with Gasteiger partial charge in [-0.15, -0.1) is 0 Å². The minimum Gasteiger partial charge on any atom is -0.485 e. The first-order valence-corrected chi connectivity index (χ1v) is 7.74. The second-order valence-electron chi connectivity index (χ2n) is 6.71. The quantitative estimate of drug-likeness (QED) is 0.925. The molecule has 116 valence electrons. The zero-order valence-corrected chi connectivity index (χ0v) is 13.4. The minimum atomic E-state index is -0.0421. The summed E-state index contributed by atoms with van der Waals surface area (Å²) in [5.74, 6) is 1.64. The van der Waals surface area contributed by atoms with Gasteiger partial charge in [0.2, 0.25) is 0 Å². The van der Waals surface area contributed by atoms with Gasteiger partial charge in [-0.05, 0) is 44.0 Å². The highest BCUT2D eigenvalue weighted by Crippen LogP contribution is 2.35. The number of rotatable bonds is 3. The summed E-state index contributed by atoms with van der Waals surface area (Å²) in [5.41, 5.74) is 2.55. The van der Waals surface area contributed by atoms with Crippen LogP contribution in [0.25, 0.3) is 0 Å². The first kappa shape index (κ1) is 14.9. The molecule has 0 radical (unpaired) electrons. The molecule has 0 aromatic heterocycles. The van der Waals surface area contributed by atoms with Crippen molar-refractivity contribution in [3.8, 4) is 11.5 Å². The van der Waals surface area contributed by atoms with Crippen molar-refractivity contribution < 1.29 is 9.47 Å². The van der Waals surface area contributed by atoms with Crippen LogP contribution in [0.4, 0.5) is 0 Å². The number of fused-ring (bicyclic) bond motifs is 1. The molecule has 1 atom stereocenters. The first-order chi connectivity index (χ1) is 10.5. The van der Waals surface area contributed by atoms with E-state index in [1.54, 1.807) is 0 Å². The van der Waals surface area contributed by atoms with Gasteiger partial charge in [0.1, 0.15) is 6.61 Å². The lowest BCUT2D eigenvalue weighted by Gasteiger charge is -2.27. The Kier molecular flexibility index (Phi) is 4.08. The Morgan fingerprint density at radius 2 is 1.68 bits per heavy atom. The number of hydrogen-bond acceptors (Lipinski definition) is 3. The van der Waals surface area contributed by atoms with Crippen LogP contribution in [0.3, 0.4) is 0 Å².